The number of aromatic nitrogens is 2. The van der Waals surface area contributed by atoms with Gasteiger partial charge in [0.1, 0.15) is 0 Å². The number of carbonyl (C=O) groups is 3. The Kier molecular flexibility index (Phi) is 7.26. The lowest BCUT2D eigenvalue weighted by Crippen LogP contribution is -2.28. The number of benzene rings is 2. The molecule has 0 saturated carbocycles. The summed E-state index contributed by atoms with van der Waals surface area (Å²) in [5.41, 5.74) is 6.27. The van der Waals surface area contributed by atoms with E-state index in [1.807, 2.05) is 0 Å². The quantitative estimate of drug-likeness (QED) is 0.303. The number of hydrogen-bond donors (Lipinski definition) is 2. The van der Waals surface area contributed by atoms with E-state index in [9.17, 15) is 19.2 Å². The molecule has 0 bridgehead atoms. The van der Waals surface area contributed by atoms with E-state index in [4.69, 9.17) is 5.73 Å². The van der Waals surface area contributed by atoms with Gasteiger partial charge in [-0.3, -0.25) is 23.7 Å². The Balaban J connectivity index is 1.83. The summed E-state index contributed by atoms with van der Waals surface area (Å²) in [6.07, 6.45) is -0.00320. The Morgan fingerprint density at radius 3 is 2.50 bits per heavy atom. The minimum Gasteiger partial charge on any atom is -0.469 e. The molecule has 3 aromatic rings. The van der Waals surface area contributed by atoms with Crippen molar-refractivity contribution in [3.63, 3.8) is 0 Å². The molecule has 1 atom stereocenters. The lowest BCUT2D eigenvalue weighted by Gasteiger charge is -2.16. The van der Waals surface area contributed by atoms with Crippen LogP contribution in [-0.2, 0) is 20.9 Å². The van der Waals surface area contributed by atoms with Gasteiger partial charge in [-0.25, -0.2) is 4.98 Å². The highest BCUT2D eigenvalue weighted by Crippen LogP contribution is 2.24. The predicted molar refractivity (Wildman–Crippen MR) is 122 cm³/mol. The summed E-state index contributed by atoms with van der Waals surface area (Å²) in [6, 6.07) is 13.1. The van der Waals surface area contributed by atoms with E-state index in [0.29, 0.717) is 27.3 Å². The standard InChI is InChI=1S/C22H22N4O5S/c1-13(20(29)24-15-9-7-14(8-10-15)19(23)28)32-22-25-17-6-4-3-5-16(17)21(30)26(22)12-11-18(27)31-2/h3-10,13H,11-12H2,1-2H3,(H2,23,28)(H,24,29)/t13-/m1/s1. The number of carbonyl (C=O) groups excluding carboxylic acids is 3. The third-order valence-corrected chi connectivity index (χ3v) is 5.77. The van der Waals surface area contributed by atoms with Gasteiger partial charge >= 0.3 is 5.97 Å². The van der Waals surface area contributed by atoms with Crippen LogP contribution in [0.25, 0.3) is 10.9 Å². The highest BCUT2D eigenvalue weighted by molar-refractivity contribution is 8.00. The van der Waals surface area contributed by atoms with E-state index in [0.717, 1.165) is 11.8 Å². The fraction of sp³-hybridized carbons (Fsp3) is 0.227. The summed E-state index contributed by atoms with van der Waals surface area (Å²) in [5, 5.41) is 2.90. The number of nitrogens with one attached hydrogen (secondary N) is 1. The molecule has 10 heteroatoms. The van der Waals surface area contributed by atoms with E-state index >= 15 is 0 Å². The Morgan fingerprint density at radius 1 is 1.16 bits per heavy atom. The number of fused-ring (bicyclic) bond motifs is 1. The zero-order valence-electron chi connectivity index (χ0n) is 17.5. The van der Waals surface area contributed by atoms with Crippen molar-refractivity contribution in [3.05, 3.63) is 64.4 Å². The molecule has 0 saturated heterocycles. The molecule has 0 fully saturated rings. The molecular weight excluding hydrogens is 432 g/mol. The van der Waals surface area contributed by atoms with E-state index in [1.54, 1.807) is 43.3 Å². The second kappa shape index (κ2) is 10.1. The number of hydrogen-bond acceptors (Lipinski definition) is 7. The van der Waals surface area contributed by atoms with E-state index in [2.05, 4.69) is 15.0 Å². The minimum atomic E-state index is -0.608. The van der Waals surface area contributed by atoms with Crippen LogP contribution >= 0.6 is 11.8 Å². The first-order valence-electron chi connectivity index (χ1n) is 9.74. The molecule has 3 rings (SSSR count). The average molecular weight is 455 g/mol. The number of ether oxygens (including phenoxy) is 1. The van der Waals surface area contributed by atoms with Gasteiger partial charge in [-0.15, -0.1) is 0 Å². The monoisotopic (exact) mass is 454 g/mol. The fourth-order valence-corrected chi connectivity index (χ4v) is 3.85. The van der Waals surface area contributed by atoms with Crippen LogP contribution in [0.1, 0.15) is 23.7 Å². The smallest absolute Gasteiger partial charge is 0.307 e. The maximum atomic E-state index is 13.0. The van der Waals surface area contributed by atoms with E-state index in [1.165, 1.54) is 23.8 Å². The van der Waals surface area contributed by atoms with Crippen LogP contribution in [0.5, 0.6) is 0 Å². The molecule has 0 aliphatic rings. The van der Waals surface area contributed by atoms with Crippen LogP contribution in [0.15, 0.2) is 58.5 Å². The highest BCUT2D eigenvalue weighted by Gasteiger charge is 2.20. The zero-order valence-corrected chi connectivity index (χ0v) is 18.3. The van der Waals surface area contributed by atoms with Gasteiger partial charge in [-0.05, 0) is 43.3 Å². The molecule has 1 heterocycles. The number of primary amides is 1. The number of methoxy groups -OCH3 is 1. The Morgan fingerprint density at radius 2 is 1.84 bits per heavy atom. The fourth-order valence-electron chi connectivity index (χ4n) is 2.91. The molecule has 0 spiro atoms. The van der Waals surface area contributed by atoms with Crippen molar-refractivity contribution in [2.45, 2.75) is 30.3 Å². The van der Waals surface area contributed by atoms with Crippen LogP contribution in [0.2, 0.25) is 0 Å². The number of rotatable bonds is 8. The number of anilines is 1. The van der Waals surface area contributed by atoms with Gasteiger partial charge in [0, 0.05) is 17.8 Å². The number of nitrogens with two attached hydrogens (primary N) is 1. The molecule has 0 radical (unpaired) electrons. The summed E-state index contributed by atoms with van der Waals surface area (Å²) in [4.78, 5) is 53.0. The third-order valence-electron chi connectivity index (χ3n) is 4.68. The normalized spacial score (nSPS) is 11.7. The number of para-hydroxylation sites is 1. The molecule has 9 nitrogen and oxygen atoms in total. The summed E-state index contributed by atoms with van der Waals surface area (Å²) in [5.74, 6) is -1.32. The summed E-state index contributed by atoms with van der Waals surface area (Å²) < 4.78 is 6.06. The van der Waals surface area contributed by atoms with Gasteiger partial charge in [-0.1, -0.05) is 23.9 Å². The first kappa shape index (κ1) is 23.0. The van der Waals surface area contributed by atoms with Crippen molar-refractivity contribution < 1.29 is 19.1 Å². The summed E-state index contributed by atoms with van der Waals surface area (Å²) in [6.45, 7) is 1.76. The topological polar surface area (TPSA) is 133 Å². The maximum absolute atomic E-state index is 13.0. The number of esters is 1. The van der Waals surface area contributed by atoms with Crippen LogP contribution in [-0.4, -0.2) is 39.7 Å². The van der Waals surface area contributed by atoms with Crippen molar-refractivity contribution in [3.8, 4) is 0 Å². The molecule has 0 aliphatic heterocycles. The van der Waals surface area contributed by atoms with Crippen molar-refractivity contribution in [1.82, 2.24) is 9.55 Å². The van der Waals surface area contributed by atoms with Crippen LogP contribution < -0.4 is 16.6 Å². The molecule has 166 valence electrons. The summed E-state index contributed by atoms with van der Waals surface area (Å²) in [7, 11) is 1.28. The van der Waals surface area contributed by atoms with Gasteiger partial charge in [-0.2, -0.15) is 0 Å². The molecule has 2 aromatic carbocycles. The molecule has 0 aliphatic carbocycles. The third kappa shape index (κ3) is 5.33. The molecule has 1 aromatic heterocycles. The van der Waals surface area contributed by atoms with Crippen LogP contribution in [0, 0.1) is 0 Å². The largest absolute Gasteiger partial charge is 0.469 e. The first-order valence-corrected chi connectivity index (χ1v) is 10.6. The maximum Gasteiger partial charge on any atom is 0.307 e. The average Bonchev–Trinajstić information content (AvgIpc) is 2.78. The number of nitrogens with zero attached hydrogens (tertiary/aromatic N) is 2. The lowest BCUT2D eigenvalue weighted by atomic mass is 10.2. The number of thioether (sulfide) groups is 1. The SMILES string of the molecule is COC(=O)CCn1c(S[C@H](C)C(=O)Nc2ccc(C(N)=O)cc2)nc2ccccc2c1=O. The number of amides is 2. The molecule has 2 amide bonds. The molecule has 32 heavy (non-hydrogen) atoms. The second-order valence-corrected chi connectivity index (χ2v) is 8.19. The van der Waals surface area contributed by atoms with Crippen LogP contribution in [0.4, 0.5) is 5.69 Å². The first-order chi connectivity index (χ1) is 15.3. The second-order valence-electron chi connectivity index (χ2n) is 6.89. The van der Waals surface area contributed by atoms with Crippen LogP contribution in [0.3, 0.4) is 0 Å². The summed E-state index contributed by atoms with van der Waals surface area (Å²) >= 11 is 1.11. The predicted octanol–water partition coefficient (Wildman–Crippen LogP) is 2.18. The minimum absolute atomic E-state index is 0.00320. The molecule has 0 unspecified atom stereocenters. The van der Waals surface area contributed by atoms with E-state index < -0.39 is 17.1 Å². The van der Waals surface area contributed by atoms with Crippen molar-refractivity contribution in [2.24, 2.45) is 5.73 Å². The van der Waals surface area contributed by atoms with Gasteiger partial charge < -0.3 is 15.8 Å². The van der Waals surface area contributed by atoms with Gasteiger partial charge in [0.2, 0.25) is 11.8 Å². The molecular formula is C22H22N4O5S. The zero-order chi connectivity index (χ0) is 23.3. The Hall–Kier alpha value is -3.66. The highest BCUT2D eigenvalue weighted by atomic mass is 32.2. The van der Waals surface area contributed by atoms with Crippen molar-refractivity contribution in [2.75, 3.05) is 12.4 Å². The molecule has 3 N–H and O–H groups in total. The van der Waals surface area contributed by atoms with Gasteiger partial charge in [0.05, 0.1) is 29.7 Å². The van der Waals surface area contributed by atoms with Gasteiger partial charge in [0.25, 0.3) is 5.56 Å². The van der Waals surface area contributed by atoms with E-state index in [-0.39, 0.29) is 24.4 Å². The Bertz CT molecular complexity index is 1220. The lowest BCUT2D eigenvalue weighted by molar-refractivity contribution is -0.140. The van der Waals surface area contributed by atoms with Crippen molar-refractivity contribution in [1.29, 1.82) is 0 Å². The van der Waals surface area contributed by atoms with Gasteiger partial charge in [0.15, 0.2) is 5.16 Å². The Labute approximate surface area is 188 Å². The van der Waals surface area contributed by atoms with Crippen molar-refractivity contribution >= 4 is 46.1 Å².